The van der Waals surface area contributed by atoms with E-state index in [1.165, 1.54) is 19.2 Å². The third kappa shape index (κ3) is 2.25. The molecular weight excluding hydrogens is 286 g/mol. The number of alkyl halides is 3. The minimum Gasteiger partial charge on any atom is -0.383 e. The van der Waals surface area contributed by atoms with E-state index in [4.69, 9.17) is 17.3 Å². The molecule has 0 aliphatic rings. The molecule has 8 heteroatoms. The van der Waals surface area contributed by atoms with Crippen LogP contribution in [0.15, 0.2) is 18.2 Å². The van der Waals surface area contributed by atoms with Crippen LogP contribution in [0.2, 0.25) is 5.02 Å². The maximum atomic E-state index is 13.7. The number of hydrogen-bond donors (Lipinski definition) is 1. The van der Waals surface area contributed by atoms with E-state index in [0.29, 0.717) is 0 Å². The fraction of sp³-hybridized carbons (Fsp3) is 0.182. The fourth-order valence-electron chi connectivity index (χ4n) is 1.72. The molecule has 2 N–H and O–H groups in total. The zero-order valence-corrected chi connectivity index (χ0v) is 10.3. The van der Waals surface area contributed by atoms with E-state index < -0.39 is 28.8 Å². The number of hydrogen-bond acceptors (Lipinski definition) is 2. The van der Waals surface area contributed by atoms with E-state index in [2.05, 4.69) is 5.10 Å². The quantitative estimate of drug-likeness (QED) is 0.818. The number of aromatic nitrogens is 2. The molecule has 0 bridgehead atoms. The molecule has 19 heavy (non-hydrogen) atoms. The minimum atomic E-state index is -4.75. The van der Waals surface area contributed by atoms with Crippen LogP contribution < -0.4 is 5.73 Å². The molecule has 0 saturated heterocycles. The van der Waals surface area contributed by atoms with Crippen molar-refractivity contribution in [2.45, 2.75) is 6.18 Å². The molecule has 0 fully saturated rings. The number of nitrogens with two attached hydrogens (primary N) is 1. The highest BCUT2D eigenvalue weighted by molar-refractivity contribution is 6.33. The van der Waals surface area contributed by atoms with Crippen molar-refractivity contribution in [3.8, 4) is 11.1 Å². The van der Waals surface area contributed by atoms with E-state index in [1.807, 2.05) is 0 Å². The topological polar surface area (TPSA) is 43.8 Å². The Morgan fingerprint density at radius 1 is 1.26 bits per heavy atom. The number of rotatable bonds is 1. The lowest BCUT2D eigenvalue weighted by atomic mass is 10.0. The predicted octanol–water partition coefficient (Wildman–Crippen LogP) is 3.48. The van der Waals surface area contributed by atoms with Gasteiger partial charge in [-0.3, -0.25) is 4.68 Å². The van der Waals surface area contributed by atoms with Crippen LogP contribution in [-0.4, -0.2) is 9.78 Å². The van der Waals surface area contributed by atoms with Gasteiger partial charge in [-0.15, -0.1) is 0 Å². The second-order valence-corrected chi connectivity index (χ2v) is 4.23. The predicted molar refractivity (Wildman–Crippen MR) is 63.0 cm³/mol. The number of aryl methyl sites for hydroxylation is 1. The zero-order valence-electron chi connectivity index (χ0n) is 9.59. The Hall–Kier alpha value is -1.76. The smallest absolute Gasteiger partial charge is 0.383 e. The van der Waals surface area contributed by atoms with Crippen LogP contribution in [0, 0.1) is 5.82 Å². The number of nitrogens with zero attached hydrogens (tertiary/aromatic N) is 2. The fourth-order valence-corrected chi connectivity index (χ4v) is 1.98. The molecule has 0 aliphatic heterocycles. The molecular formula is C11H8ClF4N3. The number of nitrogen functional groups attached to an aromatic ring is 1. The summed E-state index contributed by atoms with van der Waals surface area (Å²) in [6, 6.07) is 3.58. The van der Waals surface area contributed by atoms with Crippen molar-refractivity contribution >= 4 is 17.4 Å². The van der Waals surface area contributed by atoms with Gasteiger partial charge in [0.1, 0.15) is 11.6 Å². The van der Waals surface area contributed by atoms with E-state index in [1.54, 1.807) is 0 Å². The van der Waals surface area contributed by atoms with Crippen molar-refractivity contribution in [1.29, 1.82) is 0 Å². The van der Waals surface area contributed by atoms with Gasteiger partial charge in [0.2, 0.25) is 0 Å². The van der Waals surface area contributed by atoms with Gasteiger partial charge in [-0.2, -0.15) is 18.3 Å². The van der Waals surface area contributed by atoms with E-state index in [-0.39, 0.29) is 10.8 Å². The third-order valence-electron chi connectivity index (χ3n) is 2.57. The van der Waals surface area contributed by atoms with E-state index >= 15 is 0 Å². The SMILES string of the molecule is Cn1nc(C(F)(F)F)c(-c2c(F)cccc2Cl)c1N. The highest BCUT2D eigenvalue weighted by Crippen LogP contribution is 2.42. The van der Waals surface area contributed by atoms with Gasteiger partial charge < -0.3 is 5.73 Å². The molecule has 1 aromatic heterocycles. The first-order chi connectivity index (χ1) is 8.73. The van der Waals surface area contributed by atoms with Gasteiger partial charge in [0, 0.05) is 12.6 Å². The van der Waals surface area contributed by atoms with Crippen molar-refractivity contribution in [3.63, 3.8) is 0 Å². The zero-order chi connectivity index (χ0) is 14.4. The summed E-state index contributed by atoms with van der Waals surface area (Å²) in [6.45, 7) is 0. The molecule has 0 aliphatic carbocycles. The lowest BCUT2D eigenvalue weighted by molar-refractivity contribution is -0.140. The maximum absolute atomic E-state index is 13.7. The summed E-state index contributed by atoms with van der Waals surface area (Å²) in [7, 11) is 1.24. The van der Waals surface area contributed by atoms with Gasteiger partial charge in [-0.1, -0.05) is 17.7 Å². The lowest BCUT2D eigenvalue weighted by Gasteiger charge is -2.09. The van der Waals surface area contributed by atoms with Gasteiger partial charge in [0.05, 0.1) is 10.6 Å². The summed E-state index contributed by atoms with van der Waals surface area (Å²) in [5.74, 6) is -1.20. The van der Waals surface area contributed by atoms with Crippen LogP contribution in [0.3, 0.4) is 0 Å². The monoisotopic (exact) mass is 293 g/mol. The molecule has 0 unspecified atom stereocenters. The van der Waals surface area contributed by atoms with E-state index in [9.17, 15) is 17.6 Å². The van der Waals surface area contributed by atoms with Gasteiger partial charge in [0.15, 0.2) is 5.69 Å². The van der Waals surface area contributed by atoms with Crippen LogP contribution in [-0.2, 0) is 13.2 Å². The van der Waals surface area contributed by atoms with E-state index in [0.717, 1.165) is 10.7 Å². The van der Waals surface area contributed by atoms with Gasteiger partial charge in [-0.25, -0.2) is 4.39 Å². The molecule has 0 spiro atoms. The standard InChI is InChI=1S/C11H8ClF4N3/c1-19-10(17)8(9(18-19)11(14,15)16)7-5(12)3-2-4-6(7)13/h2-4H,17H2,1H3. The first-order valence-corrected chi connectivity index (χ1v) is 5.45. The van der Waals surface area contributed by atoms with Gasteiger partial charge in [0.25, 0.3) is 0 Å². The van der Waals surface area contributed by atoms with Crippen molar-refractivity contribution in [2.75, 3.05) is 5.73 Å². The molecule has 0 saturated carbocycles. The summed E-state index contributed by atoms with van der Waals surface area (Å²) in [5, 5.41) is 3.12. The normalized spacial score (nSPS) is 11.9. The van der Waals surface area contributed by atoms with Crippen molar-refractivity contribution in [3.05, 3.63) is 34.7 Å². The first-order valence-electron chi connectivity index (χ1n) is 5.07. The molecule has 2 aromatic rings. The Morgan fingerprint density at radius 3 is 2.42 bits per heavy atom. The van der Waals surface area contributed by atoms with Crippen molar-refractivity contribution in [1.82, 2.24) is 9.78 Å². The first kappa shape index (κ1) is 13.7. The lowest BCUT2D eigenvalue weighted by Crippen LogP contribution is -2.08. The maximum Gasteiger partial charge on any atom is 0.435 e. The average Bonchev–Trinajstić information content (AvgIpc) is 2.57. The number of anilines is 1. The molecule has 3 nitrogen and oxygen atoms in total. The molecule has 0 radical (unpaired) electrons. The Bertz CT molecular complexity index is 613. The Kier molecular flexibility index (Phi) is 3.17. The molecule has 1 aromatic carbocycles. The van der Waals surface area contributed by atoms with Gasteiger partial charge in [-0.05, 0) is 12.1 Å². The summed E-state index contributed by atoms with van der Waals surface area (Å²) in [6.07, 6.45) is -4.75. The molecule has 2 rings (SSSR count). The van der Waals surface area contributed by atoms with Gasteiger partial charge >= 0.3 is 6.18 Å². The Balaban J connectivity index is 2.83. The summed E-state index contributed by atoms with van der Waals surface area (Å²) >= 11 is 5.77. The second kappa shape index (κ2) is 4.41. The Labute approximate surface area is 110 Å². The average molecular weight is 294 g/mol. The Morgan fingerprint density at radius 2 is 1.89 bits per heavy atom. The number of benzene rings is 1. The summed E-state index contributed by atoms with van der Waals surface area (Å²) in [4.78, 5) is 0. The van der Waals surface area contributed by atoms with Crippen molar-refractivity contribution < 1.29 is 17.6 Å². The molecule has 1 heterocycles. The molecule has 0 atom stereocenters. The van der Waals surface area contributed by atoms with Crippen LogP contribution in [0.4, 0.5) is 23.4 Å². The highest BCUT2D eigenvalue weighted by Gasteiger charge is 2.40. The van der Waals surface area contributed by atoms with Crippen molar-refractivity contribution in [2.24, 2.45) is 7.05 Å². The summed E-state index contributed by atoms with van der Waals surface area (Å²) < 4.78 is 53.3. The second-order valence-electron chi connectivity index (χ2n) is 3.83. The van der Waals surface area contributed by atoms with Crippen LogP contribution >= 0.6 is 11.6 Å². The highest BCUT2D eigenvalue weighted by atomic mass is 35.5. The minimum absolute atomic E-state index is 0.162. The largest absolute Gasteiger partial charge is 0.435 e. The van der Waals surface area contributed by atoms with Crippen LogP contribution in [0.25, 0.3) is 11.1 Å². The third-order valence-corrected chi connectivity index (χ3v) is 2.89. The van der Waals surface area contributed by atoms with Crippen LogP contribution in [0.5, 0.6) is 0 Å². The van der Waals surface area contributed by atoms with Crippen LogP contribution in [0.1, 0.15) is 5.69 Å². The number of halogens is 5. The summed E-state index contributed by atoms with van der Waals surface area (Å²) in [5.41, 5.74) is 3.34. The molecule has 102 valence electrons. The molecule has 0 amide bonds.